The van der Waals surface area contributed by atoms with Gasteiger partial charge in [-0.3, -0.25) is 0 Å². The minimum Gasteiger partial charge on any atom is -0.396 e. The predicted octanol–water partition coefficient (Wildman–Crippen LogP) is 4.88. The number of anilines is 1. The summed E-state index contributed by atoms with van der Waals surface area (Å²) < 4.78 is 0. The number of hydrogen-bond acceptors (Lipinski definition) is 2. The molecule has 2 heteroatoms. The molecular weight excluding hydrogens is 282 g/mol. The van der Waals surface area contributed by atoms with E-state index in [0.717, 1.165) is 19.4 Å². The molecule has 0 aromatic heterocycles. The third-order valence-electron chi connectivity index (χ3n) is 5.68. The van der Waals surface area contributed by atoms with E-state index in [4.69, 9.17) is 5.11 Å². The molecule has 2 aromatic carbocycles. The molecule has 0 bridgehead atoms. The molecule has 1 atom stereocenters. The number of fused-ring (bicyclic) bond motifs is 3. The molecule has 0 aliphatic carbocycles. The van der Waals surface area contributed by atoms with Crippen molar-refractivity contribution in [1.82, 2.24) is 0 Å². The number of aliphatic hydroxyl groups excluding tert-OH is 1. The van der Waals surface area contributed by atoms with Crippen LogP contribution in [0.5, 0.6) is 0 Å². The monoisotopic (exact) mass is 311 g/mol. The first-order valence-electron chi connectivity index (χ1n) is 8.97. The first kappa shape index (κ1) is 16.3. The van der Waals surface area contributed by atoms with Gasteiger partial charge in [-0.25, -0.2) is 0 Å². The average molecular weight is 311 g/mol. The zero-order valence-electron chi connectivity index (χ0n) is 14.7. The topological polar surface area (TPSA) is 23.5 Å². The number of rotatable bonds is 6. The van der Waals surface area contributed by atoms with E-state index in [2.05, 4.69) is 62.1 Å². The fourth-order valence-electron chi connectivity index (χ4n) is 4.05. The van der Waals surface area contributed by atoms with E-state index in [9.17, 15) is 0 Å². The SMILES string of the molecule is CC1N(CCCCCCO)c2ccc3ccccc3c2C1(C)C. The van der Waals surface area contributed by atoms with Crippen molar-refractivity contribution in [2.75, 3.05) is 18.1 Å². The predicted molar refractivity (Wildman–Crippen MR) is 99.3 cm³/mol. The fourth-order valence-corrected chi connectivity index (χ4v) is 4.05. The van der Waals surface area contributed by atoms with Crippen molar-refractivity contribution in [3.63, 3.8) is 0 Å². The van der Waals surface area contributed by atoms with Crippen molar-refractivity contribution in [3.05, 3.63) is 42.0 Å². The molecule has 0 saturated heterocycles. The molecule has 1 aliphatic rings. The highest BCUT2D eigenvalue weighted by Crippen LogP contribution is 2.48. The van der Waals surface area contributed by atoms with E-state index < -0.39 is 0 Å². The van der Waals surface area contributed by atoms with Crippen LogP contribution in [0.25, 0.3) is 10.8 Å². The Kier molecular flexibility index (Phi) is 4.63. The minimum absolute atomic E-state index is 0.168. The lowest BCUT2D eigenvalue weighted by molar-refractivity contribution is 0.282. The highest BCUT2D eigenvalue weighted by Gasteiger charge is 2.42. The van der Waals surface area contributed by atoms with Crippen LogP contribution in [0.1, 0.15) is 52.0 Å². The van der Waals surface area contributed by atoms with Crippen LogP contribution >= 0.6 is 0 Å². The molecule has 1 N–H and O–H groups in total. The summed E-state index contributed by atoms with van der Waals surface area (Å²) in [5, 5.41) is 11.7. The van der Waals surface area contributed by atoms with Gasteiger partial charge in [0.25, 0.3) is 0 Å². The molecule has 0 saturated carbocycles. The van der Waals surface area contributed by atoms with Crippen LogP contribution in [0.15, 0.2) is 36.4 Å². The summed E-state index contributed by atoms with van der Waals surface area (Å²) in [6, 6.07) is 13.9. The molecule has 1 aliphatic heterocycles. The molecule has 0 amide bonds. The molecular formula is C21H29NO. The van der Waals surface area contributed by atoms with Gasteiger partial charge in [0.2, 0.25) is 0 Å². The Morgan fingerprint density at radius 2 is 1.74 bits per heavy atom. The van der Waals surface area contributed by atoms with Crippen LogP contribution in [0.2, 0.25) is 0 Å². The van der Waals surface area contributed by atoms with E-state index >= 15 is 0 Å². The second-order valence-corrected chi connectivity index (χ2v) is 7.41. The number of hydrogen-bond donors (Lipinski definition) is 1. The summed E-state index contributed by atoms with van der Waals surface area (Å²) in [6.45, 7) is 8.56. The number of unbranched alkanes of at least 4 members (excludes halogenated alkanes) is 3. The van der Waals surface area contributed by atoms with Gasteiger partial charge in [0.15, 0.2) is 0 Å². The quantitative estimate of drug-likeness (QED) is 0.769. The van der Waals surface area contributed by atoms with Gasteiger partial charge >= 0.3 is 0 Å². The Balaban J connectivity index is 1.89. The van der Waals surface area contributed by atoms with Crippen molar-refractivity contribution in [1.29, 1.82) is 0 Å². The molecule has 2 aromatic rings. The van der Waals surface area contributed by atoms with Gasteiger partial charge in [-0.2, -0.15) is 0 Å². The Labute approximate surface area is 140 Å². The van der Waals surface area contributed by atoms with Gasteiger partial charge in [0, 0.05) is 30.3 Å². The van der Waals surface area contributed by atoms with Crippen LogP contribution in [0, 0.1) is 0 Å². The third-order valence-corrected chi connectivity index (χ3v) is 5.68. The first-order chi connectivity index (χ1) is 11.1. The third kappa shape index (κ3) is 2.85. The Bertz CT molecular complexity index is 677. The maximum absolute atomic E-state index is 8.91. The molecule has 1 heterocycles. The summed E-state index contributed by atoms with van der Waals surface area (Å²) in [4.78, 5) is 2.60. The summed E-state index contributed by atoms with van der Waals surface area (Å²) in [7, 11) is 0. The molecule has 1 unspecified atom stereocenters. The van der Waals surface area contributed by atoms with Crippen LogP contribution in [0.4, 0.5) is 5.69 Å². The van der Waals surface area contributed by atoms with Crippen LogP contribution < -0.4 is 4.90 Å². The summed E-state index contributed by atoms with van der Waals surface area (Å²) >= 11 is 0. The van der Waals surface area contributed by atoms with Gasteiger partial charge in [0.05, 0.1) is 0 Å². The van der Waals surface area contributed by atoms with Gasteiger partial charge in [-0.05, 0) is 42.2 Å². The standard InChI is InChI=1S/C21H29NO/c1-16-21(2,3)20-18-11-7-6-10-17(18)12-13-19(20)22(16)14-8-4-5-9-15-23/h6-7,10-13,16,23H,4-5,8-9,14-15H2,1-3H3. The van der Waals surface area contributed by atoms with Crippen molar-refractivity contribution in [3.8, 4) is 0 Å². The number of nitrogens with zero attached hydrogens (tertiary/aromatic N) is 1. The largest absolute Gasteiger partial charge is 0.396 e. The molecule has 0 fully saturated rings. The molecule has 23 heavy (non-hydrogen) atoms. The molecule has 0 spiro atoms. The Morgan fingerprint density at radius 3 is 2.52 bits per heavy atom. The Morgan fingerprint density at radius 1 is 1.00 bits per heavy atom. The van der Waals surface area contributed by atoms with Crippen molar-refractivity contribution >= 4 is 16.5 Å². The fraction of sp³-hybridized carbons (Fsp3) is 0.524. The number of aliphatic hydroxyl groups is 1. The van der Waals surface area contributed by atoms with Crippen molar-refractivity contribution in [2.24, 2.45) is 0 Å². The van der Waals surface area contributed by atoms with Crippen molar-refractivity contribution < 1.29 is 5.11 Å². The summed E-state index contributed by atoms with van der Waals surface area (Å²) in [6.07, 6.45) is 4.47. The van der Waals surface area contributed by atoms with Gasteiger partial charge in [0.1, 0.15) is 0 Å². The van der Waals surface area contributed by atoms with Crippen LogP contribution in [0.3, 0.4) is 0 Å². The maximum atomic E-state index is 8.91. The molecule has 2 nitrogen and oxygen atoms in total. The molecule has 0 radical (unpaired) electrons. The normalized spacial score (nSPS) is 19.3. The van der Waals surface area contributed by atoms with E-state index in [-0.39, 0.29) is 5.41 Å². The molecule has 3 rings (SSSR count). The lowest BCUT2D eigenvalue weighted by atomic mass is 9.79. The van der Waals surface area contributed by atoms with Gasteiger partial charge in [-0.15, -0.1) is 0 Å². The first-order valence-corrected chi connectivity index (χ1v) is 8.97. The van der Waals surface area contributed by atoms with Gasteiger partial charge in [-0.1, -0.05) is 57.0 Å². The van der Waals surface area contributed by atoms with E-state index in [0.29, 0.717) is 12.6 Å². The highest BCUT2D eigenvalue weighted by atomic mass is 16.2. The Hall–Kier alpha value is -1.54. The average Bonchev–Trinajstić information content (AvgIpc) is 2.75. The zero-order valence-corrected chi connectivity index (χ0v) is 14.7. The van der Waals surface area contributed by atoms with Crippen LogP contribution in [-0.4, -0.2) is 24.3 Å². The second kappa shape index (κ2) is 6.52. The van der Waals surface area contributed by atoms with E-state index in [1.807, 2.05) is 0 Å². The summed E-state index contributed by atoms with van der Waals surface area (Å²) in [5.41, 5.74) is 3.10. The van der Waals surface area contributed by atoms with Crippen molar-refractivity contribution in [2.45, 2.75) is 57.9 Å². The number of benzene rings is 2. The second-order valence-electron chi connectivity index (χ2n) is 7.41. The van der Waals surface area contributed by atoms with Crippen LogP contribution in [-0.2, 0) is 5.41 Å². The lowest BCUT2D eigenvalue weighted by Gasteiger charge is -2.31. The van der Waals surface area contributed by atoms with Gasteiger partial charge < -0.3 is 10.0 Å². The smallest absolute Gasteiger partial charge is 0.0431 e. The maximum Gasteiger partial charge on any atom is 0.0431 e. The van der Waals surface area contributed by atoms with E-state index in [1.165, 1.54) is 34.9 Å². The highest BCUT2D eigenvalue weighted by molar-refractivity contribution is 5.93. The lowest BCUT2D eigenvalue weighted by Crippen LogP contribution is -2.39. The molecule has 124 valence electrons. The van der Waals surface area contributed by atoms with E-state index in [1.54, 1.807) is 0 Å². The minimum atomic E-state index is 0.168. The zero-order chi connectivity index (χ0) is 16.4. The summed E-state index contributed by atoms with van der Waals surface area (Å²) in [5.74, 6) is 0.